The second-order valence-corrected chi connectivity index (χ2v) is 9.59. The first kappa shape index (κ1) is 28.2. The normalized spacial score (nSPS) is 14.1. The third-order valence-electron chi connectivity index (χ3n) is 4.75. The van der Waals surface area contributed by atoms with Crippen LogP contribution in [-0.4, -0.2) is 60.8 Å². The molecule has 0 saturated carbocycles. The third-order valence-corrected chi connectivity index (χ3v) is 6.48. The van der Waals surface area contributed by atoms with Crippen molar-refractivity contribution in [1.29, 1.82) is 0 Å². The number of ether oxygens (including phenoxy) is 3. The van der Waals surface area contributed by atoms with Crippen LogP contribution in [0.1, 0.15) is 22.8 Å². The lowest BCUT2D eigenvalue weighted by Gasteiger charge is -2.13. The average Bonchev–Trinajstić information content (AvgIpc) is 3.11. The SMILES string of the molecule is CCOC(=O)c1cc(NC(=O)CN2C(=O)S/C(=C/c3cc(Br)ccc3OCC(=O)OC)C2=O)ccc1Cl. The van der Waals surface area contributed by atoms with Crippen molar-refractivity contribution in [2.24, 2.45) is 0 Å². The smallest absolute Gasteiger partial charge is 0.343 e. The van der Waals surface area contributed by atoms with E-state index < -0.39 is 35.5 Å². The second kappa shape index (κ2) is 12.7. The highest BCUT2D eigenvalue weighted by Gasteiger charge is 2.36. The topological polar surface area (TPSA) is 128 Å². The number of nitrogens with one attached hydrogen (secondary N) is 1. The van der Waals surface area contributed by atoms with Gasteiger partial charge in [0.25, 0.3) is 11.1 Å². The first-order chi connectivity index (χ1) is 17.6. The van der Waals surface area contributed by atoms with Crippen molar-refractivity contribution in [3.8, 4) is 5.75 Å². The Labute approximate surface area is 229 Å². The second-order valence-electron chi connectivity index (χ2n) is 7.28. The molecule has 1 fully saturated rings. The van der Waals surface area contributed by atoms with Gasteiger partial charge >= 0.3 is 11.9 Å². The summed E-state index contributed by atoms with van der Waals surface area (Å²) in [4.78, 5) is 62.3. The zero-order valence-corrected chi connectivity index (χ0v) is 22.7. The molecule has 0 aliphatic carbocycles. The molecular weight excluding hydrogens is 592 g/mol. The molecule has 3 amide bonds. The minimum absolute atomic E-state index is 0.0645. The largest absolute Gasteiger partial charge is 0.481 e. The fourth-order valence-electron chi connectivity index (χ4n) is 3.05. The molecule has 0 atom stereocenters. The number of carbonyl (C=O) groups excluding carboxylic acids is 5. The van der Waals surface area contributed by atoms with Crippen molar-refractivity contribution in [1.82, 2.24) is 4.90 Å². The van der Waals surface area contributed by atoms with E-state index in [9.17, 15) is 24.0 Å². The van der Waals surface area contributed by atoms with Gasteiger partial charge in [-0.25, -0.2) is 9.59 Å². The minimum Gasteiger partial charge on any atom is -0.481 e. The molecule has 1 heterocycles. The Kier molecular flexibility index (Phi) is 9.73. The molecule has 0 spiro atoms. The maximum atomic E-state index is 12.9. The molecule has 1 saturated heterocycles. The number of imide groups is 1. The van der Waals surface area contributed by atoms with Gasteiger partial charge in [-0.05, 0) is 61.2 Å². The van der Waals surface area contributed by atoms with Gasteiger partial charge in [0.05, 0.1) is 29.2 Å². The van der Waals surface area contributed by atoms with Gasteiger partial charge in [-0.15, -0.1) is 0 Å². The van der Waals surface area contributed by atoms with Crippen LogP contribution in [-0.2, 0) is 23.9 Å². The zero-order chi connectivity index (χ0) is 27.1. The highest BCUT2D eigenvalue weighted by atomic mass is 79.9. The molecule has 37 heavy (non-hydrogen) atoms. The van der Waals surface area contributed by atoms with Crippen LogP contribution in [0.5, 0.6) is 5.75 Å². The van der Waals surface area contributed by atoms with Gasteiger partial charge in [-0.3, -0.25) is 19.3 Å². The van der Waals surface area contributed by atoms with Crippen LogP contribution in [0.15, 0.2) is 45.8 Å². The van der Waals surface area contributed by atoms with Gasteiger partial charge in [-0.2, -0.15) is 0 Å². The maximum absolute atomic E-state index is 12.9. The first-order valence-electron chi connectivity index (χ1n) is 10.6. The average molecular weight is 612 g/mol. The van der Waals surface area contributed by atoms with Crippen LogP contribution in [0.3, 0.4) is 0 Å². The predicted octanol–water partition coefficient (Wildman–Crippen LogP) is 4.51. The lowest BCUT2D eigenvalue weighted by atomic mass is 10.2. The summed E-state index contributed by atoms with van der Waals surface area (Å²) in [6.07, 6.45) is 1.44. The Hall–Kier alpha value is -3.35. The number of amides is 3. The van der Waals surface area contributed by atoms with E-state index in [0.717, 1.165) is 4.90 Å². The Balaban J connectivity index is 1.73. The Morgan fingerprint density at radius 2 is 1.92 bits per heavy atom. The standard InChI is InChI=1S/C24H20BrClN2O8S/c1-3-35-23(32)16-10-15(5-6-17(16)26)27-20(29)11-28-22(31)19(37-24(28)33)9-13-8-14(25)4-7-18(13)36-12-21(30)34-2/h4-10H,3,11-12H2,1-2H3,(H,27,29)/b19-9+. The van der Waals surface area contributed by atoms with Gasteiger partial charge in [0.1, 0.15) is 12.3 Å². The summed E-state index contributed by atoms with van der Waals surface area (Å²) >= 11 is 10.0. The number of hydrogen-bond donors (Lipinski definition) is 1. The number of methoxy groups -OCH3 is 1. The van der Waals surface area contributed by atoms with Crippen LogP contribution >= 0.6 is 39.3 Å². The molecule has 2 aromatic carbocycles. The van der Waals surface area contributed by atoms with E-state index in [1.165, 1.54) is 31.4 Å². The molecular formula is C24H20BrClN2O8S. The number of thioether (sulfide) groups is 1. The van der Waals surface area contributed by atoms with Crippen LogP contribution in [0.4, 0.5) is 10.5 Å². The number of rotatable bonds is 9. The van der Waals surface area contributed by atoms with Crippen molar-refractivity contribution in [3.05, 3.63) is 61.9 Å². The molecule has 0 bridgehead atoms. The van der Waals surface area contributed by atoms with Gasteiger partial charge < -0.3 is 19.5 Å². The third kappa shape index (κ3) is 7.34. The van der Waals surface area contributed by atoms with Crippen molar-refractivity contribution < 1.29 is 38.2 Å². The van der Waals surface area contributed by atoms with E-state index in [1.807, 2.05) is 0 Å². The lowest BCUT2D eigenvalue weighted by Crippen LogP contribution is -2.36. The fourth-order valence-corrected chi connectivity index (χ4v) is 4.45. The summed E-state index contributed by atoms with van der Waals surface area (Å²) in [5, 5.41) is 2.05. The monoisotopic (exact) mass is 610 g/mol. The van der Waals surface area contributed by atoms with Gasteiger partial charge in [0.15, 0.2) is 6.61 Å². The van der Waals surface area contributed by atoms with E-state index in [4.69, 9.17) is 21.1 Å². The summed E-state index contributed by atoms with van der Waals surface area (Å²) in [7, 11) is 1.23. The van der Waals surface area contributed by atoms with Crippen LogP contribution in [0.2, 0.25) is 5.02 Å². The molecule has 2 aromatic rings. The minimum atomic E-state index is -0.674. The predicted molar refractivity (Wildman–Crippen MR) is 140 cm³/mol. The van der Waals surface area contributed by atoms with E-state index in [1.54, 1.807) is 25.1 Å². The van der Waals surface area contributed by atoms with Gasteiger partial charge in [-0.1, -0.05) is 27.5 Å². The zero-order valence-electron chi connectivity index (χ0n) is 19.5. The molecule has 1 aliphatic rings. The molecule has 13 heteroatoms. The number of hydrogen-bond acceptors (Lipinski definition) is 9. The Morgan fingerprint density at radius 1 is 1.16 bits per heavy atom. The van der Waals surface area contributed by atoms with Crippen molar-refractivity contribution >= 4 is 80.0 Å². The van der Waals surface area contributed by atoms with Crippen molar-refractivity contribution in [2.75, 3.05) is 32.2 Å². The molecule has 1 N–H and O–H groups in total. The number of halogens is 2. The summed E-state index contributed by atoms with van der Waals surface area (Å²) in [6, 6.07) is 9.16. The lowest BCUT2D eigenvalue weighted by molar-refractivity contribution is -0.142. The number of anilines is 1. The van der Waals surface area contributed by atoms with Crippen LogP contribution < -0.4 is 10.1 Å². The van der Waals surface area contributed by atoms with Gasteiger partial charge in [0, 0.05) is 15.7 Å². The Bertz CT molecular complexity index is 1300. The molecule has 1 aliphatic heterocycles. The van der Waals surface area contributed by atoms with E-state index in [2.05, 4.69) is 26.0 Å². The molecule has 0 aromatic heterocycles. The molecule has 3 rings (SSSR count). The summed E-state index contributed by atoms with van der Waals surface area (Å²) in [6.45, 7) is 0.902. The van der Waals surface area contributed by atoms with Gasteiger partial charge in [0.2, 0.25) is 5.91 Å². The maximum Gasteiger partial charge on any atom is 0.343 e. The highest BCUT2D eigenvalue weighted by Crippen LogP contribution is 2.35. The molecule has 0 unspecified atom stereocenters. The Morgan fingerprint density at radius 3 is 2.62 bits per heavy atom. The summed E-state index contributed by atoms with van der Waals surface area (Å²) in [5.41, 5.74) is 0.733. The first-order valence-corrected chi connectivity index (χ1v) is 12.6. The van der Waals surface area contributed by atoms with Crippen LogP contribution in [0, 0.1) is 0 Å². The quantitative estimate of drug-likeness (QED) is 0.322. The number of benzene rings is 2. The number of carbonyl (C=O) groups is 5. The summed E-state index contributed by atoms with van der Waals surface area (Å²) in [5.74, 6) is -2.28. The van der Waals surface area contributed by atoms with E-state index in [0.29, 0.717) is 27.5 Å². The molecule has 0 radical (unpaired) electrons. The van der Waals surface area contributed by atoms with Crippen molar-refractivity contribution in [2.45, 2.75) is 6.92 Å². The van der Waals surface area contributed by atoms with E-state index in [-0.39, 0.29) is 34.4 Å². The van der Waals surface area contributed by atoms with Crippen molar-refractivity contribution in [3.63, 3.8) is 0 Å². The molecule has 194 valence electrons. The number of esters is 2. The fraction of sp³-hybridized carbons (Fsp3) is 0.208. The van der Waals surface area contributed by atoms with Crippen LogP contribution in [0.25, 0.3) is 6.08 Å². The molecule has 10 nitrogen and oxygen atoms in total. The van der Waals surface area contributed by atoms with E-state index >= 15 is 0 Å². The summed E-state index contributed by atoms with van der Waals surface area (Å²) < 4.78 is 15.6. The highest BCUT2D eigenvalue weighted by molar-refractivity contribution is 9.10. The number of nitrogens with zero attached hydrogens (tertiary/aromatic N) is 1.